The Morgan fingerprint density at radius 3 is 2.71 bits per heavy atom. The summed E-state index contributed by atoms with van der Waals surface area (Å²) in [6.07, 6.45) is 3.79. The zero-order valence-corrected chi connectivity index (χ0v) is 20.7. The van der Waals surface area contributed by atoms with E-state index >= 15 is 0 Å². The number of methoxy groups -OCH3 is 1. The first-order chi connectivity index (χ1) is 17.1. The van der Waals surface area contributed by atoms with E-state index in [1.165, 1.54) is 16.7 Å². The van der Waals surface area contributed by atoms with Gasteiger partial charge in [-0.1, -0.05) is 30.3 Å². The van der Waals surface area contributed by atoms with E-state index < -0.39 is 0 Å². The fraction of sp³-hybridized carbons (Fsp3) is 0.414. The second kappa shape index (κ2) is 10.8. The average molecular weight is 474 g/mol. The summed E-state index contributed by atoms with van der Waals surface area (Å²) in [6.45, 7) is 5.64. The lowest BCUT2D eigenvalue weighted by molar-refractivity contribution is 0.0875. The van der Waals surface area contributed by atoms with Gasteiger partial charge in [0.1, 0.15) is 6.61 Å². The molecule has 6 nitrogen and oxygen atoms in total. The fourth-order valence-electron chi connectivity index (χ4n) is 5.39. The minimum atomic E-state index is 0.0696. The van der Waals surface area contributed by atoms with Crippen LogP contribution >= 0.6 is 0 Å². The van der Waals surface area contributed by atoms with Crippen molar-refractivity contribution >= 4 is 0 Å². The van der Waals surface area contributed by atoms with Gasteiger partial charge in [0.2, 0.25) is 0 Å². The van der Waals surface area contributed by atoms with Gasteiger partial charge >= 0.3 is 0 Å². The summed E-state index contributed by atoms with van der Waals surface area (Å²) in [5.41, 5.74) is 12.9. The molecule has 3 atom stereocenters. The quantitative estimate of drug-likeness (QED) is 0.489. The number of hydrogen-bond acceptors (Lipinski definition) is 6. The van der Waals surface area contributed by atoms with Gasteiger partial charge in [-0.25, -0.2) is 0 Å². The summed E-state index contributed by atoms with van der Waals surface area (Å²) < 4.78 is 17.6. The molecule has 0 bridgehead atoms. The Labute approximate surface area is 208 Å². The largest absolute Gasteiger partial charge is 0.493 e. The SMILES string of the molecule is COc1cc2c(cc1OCCOCc1ccccc1)CCN1C[C@@H](c3cc(C)ccn3)[C@H](N)C[C@H]21. The van der Waals surface area contributed by atoms with Crippen molar-refractivity contribution in [2.45, 2.75) is 44.4 Å². The zero-order chi connectivity index (χ0) is 24.2. The molecule has 3 heterocycles. The van der Waals surface area contributed by atoms with E-state index in [2.05, 4.69) is 47.1 Å². The highest BCUT2D eigenvalue weighted by Gasteiger charge is 2.39. The van der Waals surface area contributed by atoms with Crippen LogP contribution in [0.15, 0.2) is 60.8 Å². The molecule has 2 aliphatic rings. The normalized spacial score (nSPS) is 21.7. The first-order valence-electron chi connectivity index (χ1n) is 12.5. The van der Waals surface area contributed by atoms with Crippen LogP contribution in [0.3, 0.4) is 0 Å². The molecule has 0 unspecified atom stereocenters. The summed E-state index contributed by atoms with van der Waals surface area (Å²) >= 11 is 0. The van der Waals surface area contributed by atoms with Crippen LogP contribution in [-0.2, 0) is 17.8 Å². The van der Waals surface area contributed by atoms with Crippen LogP contribution in [0, 0.1) is 6.92 Å². The number of nitrogens with two attached hydrogens (primary N) is 1. The smallest absolute Gasteiger partial charge is 0.161 e. The maximum absolute atomic E-state index is 6.73. The topological polar surface area (TPSA) is 69.8 Å². The summed E-state index contributed by atoms with van der Waals surface area (Å²) in [5.74, 6) is 1.81. The third kappa shape index (κ3) is 5.35. The molecule has 0 amide bonds. The number of aromatic nitrogens is 1. The molecule has 1 saturated heterocycles. The van der Waals surface area contributed by atoms with Gasteiger partial charge in [0.05, 0.1) is 20.3 Å². The summed E-state index contributed by atoms with van der Waals surface area (Å²) in [5, 5.41) is 0. The van der Waals surface area contributed by atoms with Crippen LogP contribution in [0.5, 0.6) is 11.5 Å². The van der Waals surface area contributed by atoms with Crippen molar-refractivity contribution < 1.29 is 14.2 Å². The molecule has 1 aromatic heterocycles. The molecule has 1 fully saturated rings. The number of hydrogen-bond donors (Lipinski definition) is 1. The van der Waals surface area contributed by atoms with Gasteiger partial charge in [0.25, 0.3) is 0 Å². The van der Waals surface area contributed by atoms with Gasteiger partial charge in [-0.2, -0.15) is 0 Å². The van der Waals surface area contributed by atoms with E-state index in [1.807, 2.05) is 30.5 Å². The Bertz CT molecular complexity index is 1140. The van der Waals surface area contributed by atoms with E-state index in [-0.39, 0.29) is 12.0 Å². The zero-order valence-electron chi connectivity index (χ0n) is 20.7. The van der Waals surface area contributed by atoms with Crippen molar-refractivity contribution in [3.05, 3.63) is 88.7 Å². The molecule has 184 valence electrons. The van der Waals surface area contributed by atoms with Crippen LogP contribution in [-0.4, -0.2) is 49.3 Å². The van der Waals surface area contributed by atoms with Crippen molar-refractivity contribution in [3.8, 4) is 11.5 Å². The lowest BCUT2D eigenvalue weighted by Crippen LogP contribution is -2.50. The summed E-state index contributed by atoms with van der Waals surface area (Å²) in [4.78, 5) is 7.21. The second-order valence-electron chi connectivity index (χ2n) is 9.61. The van der Waals surface area contributed by atoms with Gasteiger partial charge in [0, 0.05) is 43.0 Å². The summed E-state index contributed by atoms with van der Waals surface area (Å²) in [6, 6.07) is 19.1. The van der Waals surface area contributed by atoms with Crippen molar-refractivity contribution in [2.75, 3.05) is 33.4 Å². The molecule has 35 heavy (non-hydrogen) atoms. The first-order valence-corrected chi connectivity index (χ1v) is 12.5. The molecule has 2 N–H and O–H groups in total. The van der Waals surface area contributed by atoms with E-state index in [9.17, 15) is 0 Å². The molecular formula is C29H35N3O3. The maximum Gasteiger partial charge on any atom is 0.161 e. The van der Waals surface area contributed by atoms with E-state index in [4.69, 9.17) is 19.9 Å². The molecule has 0 saturated carbocycles. The second-order valence-corrected chi connectivity index (χ2v) is 9.61. The molecule has 5 rings (SSSR count). The number of ether oxygens (including phenoxy) is 3. The first kappa shape index (κ1) is 23.8. The maximum atomic E-state index is 6.73. The third-order valence-electron chi connectivity index (χ3n) is 7.25. The molecular weight excluding hydrogens is 438 g/mol. The highest BCUT2D eigenvalue weighted by molar-refractivity contribution is 5.50. The average Bonchev–Trinajstić information content (AvgIpc) is 2.88. The molecule has 0 radical (unpaired) electrons. The van der Waals surface area contributed by atoms with Crippen LogP contribution in [0.4, 0.5) is 0 Å². The van der Waals surface area contributed by atoms with Crippen molar-refractivity contribution in [3.63, 3.8) is 0 Å². The molecule has 0 aliphatic carbocycles. The lowest BCUT2D eigenvalue weighted by Gasteiger charge is -2.46. The Hall–Kier alpha value is -2.93. The summed E-state index contributed by atoms with van der Waals surface area (Å²) in [7, 11) is 1.70. The Kier molecular flexibility index (Phi) is 7.32. The highest BCUT2D eigenvalue weighted by Crippen LogP contribution is 2.44. The Morgan fingerprint density at radius 1 is 1.06 bits per heavy atom. The molecule has 0 spiro atoms. The van der Waals surface area contributed by atoms with Crippen molar-refractivity contribution in [1.29, 1.82) is 0 Å². The number of fused-ring (bicyclic) bond motifs is 3. The molecule has 6 heteroatoms. The van der Waals surface area contributed by atoms with Gasteiger partial charge in [-0.05, 0) is 66.3 Å². The minimum Gasteiger partial charge on any atom is -0.493 e. The van der Waals surface area contributed by atoms with Gasteiger partial charge in [0.15, 0.2) is 11.5 Å². The van der Waals surface area contributed by atoms with E-state index in [1.54, 1.807) is 7.11 Å². The van der Waals surface area contributed by atoms with Gasteiger partial charge in [-0.3, -0.25) is 9.88 Å². The van der Waals surface area contributed by atoms with Crippen LogP contribution < -0.4 is 15.2 Å². The monoisotopic (exact) mass is 473 g/mol. The number of aryl methyl sites for hydroxylation is 1. The fourth-order valence-corrected chi connectivity index (χ4v) is 5.39. The van der Waals surface area contributed by atoms with Crippen LogP contribution in [0.1, 0.15) is 46.3 Å². The predicted octanol–water partition coefficient (Wildman–Crippen LogP) is 4.41. The molecule has 2 aliphatic heterocycles. The predicted molar refractivity (Wildman–Crippen MR) is 137 cm³/mol. The van der Waals surface area contributed by atoms with E-state index in [0.717, 1.165) is 48.7 Å². The van der Waals surface area contributed by atoms with Crippen molar-refractivity contribution in [2.24, 2.45) is 5.73 Å². The lowest BCUT2D eigenvalue weighted by atomic mass is 9.79. The molecule has 3 aromatic rings. The molecule has 2 aromatic carbocycles. The van der Waals surface area contributed by atoms with Gasteiger partial charge < -0.3 is 19.9 Å². The standard InChI is InChI=1S/C29H35N3O3/c1-20-8-10-31-26(14-20)24-18-32-11-9-22-15-29(28(33-2)16-23(22)27(32)17-25(24)30)35-13-12-34-19-21-6-4-3-5-7-21/h3-8,10,14-16,24-25,27H,9,11-13,17-19,30H2,1-2H3/t24-,25-,27-/m1/s1. The highest BCUT2D eigenvalue weighted by atomic mass is 16.5. The minimum absolute atomic E-state index is 0.0696. The number of benzene rings is 2. The number of nitrogens with zero attached hydrogens (tertiary/aromatic N) is 2. The van der Waals surface area contributed by atoms with Crippen molar-refractivity contribution in [1.82, 2.24) is 9.88 Å². The van der Waals surface area contributed by atoms with E-state index in [0.29, 0.717) is 25.9 Å². The van der Waals surface area contributed by atoms with Crippen LogP contribution in [0.2, 0.25) is 0 Å². The number of piperidine rings is 1. The third-order valence-corrected chi connectivity index (χ3v) is 7.25. The number of rotatable bonds is 8. The van der Waals surface area contributed by atoms with Crippen LogP contribution in [0.25, 0.3) is 0 Å². The number of pyridine rings is 1. The Balaban J connectivity index is 1.24. The Morgan fingerprint density at radius 2 is 1.91 bits per heavy atom. The van der Waals surface area contributed by atoms with Gasteiger partial charge in [-0.15, -0.1) is 0 Å².